The highest BCUT2D eigenvalue weighted by molar-refractivity contribution is 6.15. The van der Waals surface area contributed by atoms with Gasteiger partial charge in [0.15, 0.2) is 5.69 Å². The van der Waals surface area contributed by atoms with Crippen molar-refractivity contribution in [3.05, 3.63) is 102 Å². The van der Waals surface area contributed by atoms with E-state index in [1.54, 1.807) is 53.3 Å². The first-order valence-corrected chi connectivity index (χ1v) is 10.6. The number of nitrogens with zero attached hydrogens (tertiary/aromatic N) is 4. The average Bonchev–Trinajstić information content (AvgIpc) is 3.33. The molecule has 3 amide bonds. The predicted octanol–water partition coefficient (Wildman–Crippen LogP) is 3.18. The molecular weight excluding hydrogens is 432 g/mol. The Morgan fingerprint density at radius 2 is 1.68 bits per heavy atom. The molecule has 34 heavy (non-hydrogen) atoms. The van der Waals surface area contributed by atoms with E-state index in [1.165, 1.54) is 4.90 Å². The SMILES string of the molecule is O=C1CN(C(=O)c2ccc(NC(=O)c3cn(Cc4ccccc4)nn3)cc2)c2ccccc2N1. The van der Waals surface area contributed by atoms with Crippen molar-refractivity contribution in [2.45, 2.75) is 6.54 Å². The van der Waals surface area contributed by atoms with E-state index in [0.29, 0.717) is 29.2 Å². The van der Waals surface area contributed by atoms with Crippen molar-refractivity contribution in [3.63, 3.8) is 0 Å². The van der Waals surface area contributed by atoms with Crippen LogP contribution in [0.2, 0.25) is 0 Å². The first-order valence-electron chi connectivity index (χ1n) is 10.6. The summed E-state index contributed by atoms with van der Waals surface area (Å²) < 4.78 is 1.60. The summed E-state index contributed by atoms with van der Waals surface area (Å²) in [6.07, 6.45) is 1.58. The maximum atomic E-state index is 13.1. The summed E-state index contributed by atoms with van der Waals surface area (Å²) in [6.45, 7) is 0.447. The second-order valence-electron chi connectivity index (χ2n) is 7.78. The zero-order chi connectivity index (χ0) is 23.5. The zero-order valence-corrected chi connectivity index (χ0v) is 18.0. The summed E-state index contributed by atoms with van der Waals surface area (Å²) in [5.41, 5.74) is 3.38. The van der Waals surface area contributed by atoms with Gasteiger partial charge in [0.2, 0.25) is 5.91 Å². The molecule has 1 aromatic heterocycles. The summed E-state index contributed by atoms with van der Waals surface area (Å²) in [5.74, 6) is -0.958. The highest BCUT2D eigenvalue weighted by Crippen LogP contribution is 2.30. The van der Waals surface area contributed by atoms with Gasteiger partial charge in [0, 0.05) is 11.3 Å². The number of para-hydroxylation sites is 2. The lowest BCUT2D eigenvalue weighted by molar-refractivity contribution is -0.115. The molecule has 0 aliphatic carbocycles. The Hall–Kier alpha value is -4.79. The molecule has 9 heteroatoms. The molecule has 0 radical (unpaired) electrons. The molecule has 0 saturated heterocycles. The minimum absolute atomic E-state index is 0.0625. The molecule has 2 N–H and O–H groups in total. The average molecular weight is 452 g/mol. The van der Waals surface area contributed by atoms with Crippen LogP contribution < -0.4 is 15.5 Å². The Kier molecular flexibility index (Phi) is 5.57. The number of aromatic nitrogens is 3. The molecular formula is C25H20N6O3. The predicted molar refractivity (Wildman–Crippen MR) is 127 cm³/mol. The summed E-state index contributed by atoms with van der Waals surface area (Å²) >= 11 is 0. The van der Waals surface area contributed by atoms with Gasteiger partial charge in [0.25, 0.3) is 11.8 Å². The lowest BCUT2D eigenvalue weighted by atomic mass is 10.1. The van der Waals surface area contributed by atoms with Gasteiger partial charge in [0.1, 0.15) is 6.54 Å². The fourth-order valence-corrected chi connectivity index (χ4v) is 3.71. The van der Waals surface area contributed by atoms with Crippen molar-refractivity contribution < 1.29 is 14.4 Å². The number of fused-ring (bicyclic) bond motifs is 1. The van der Waals surface area contributed by atoms with Crippen molar-refractivity contribution in [1.29, 1.82) is 0 Å². The zero-order valence-electron chi connectivity index (χ0n) is 18.0. The van der Waals surface area contributed by atoms with Crippen LogP contribution in [0, 0.1) is 0 Å². The number of hydrogen-bond donors (Lipinski definition) is 2. The van der Waals surface area contributed by atoms with Crippen molar-refractivity contribution in [2.75, 3.05) is 22.1 Å². The lowest BCUT2D eigenvalue weighted by Gasteiger charge is -2.29. The molecule has 4 aromatic rings. The number of rotatable bonds is 5. The van der Waals surface area contributed by atoms with Gasteiger partial charge < -0.3 is 10.6 Å². The number of carbonyl (C=O) groups excluding carboxylic acids is 3. The molecule has 1 aliphatic heterocycles. The number of benzene rings is 3. The van der Waals surface area contributed by atoms with Crippen molar-refractivity contribution in [3.8, 4) is 0 Å². The Labute approximate surface area is 195 Å². The third-order valence-electron chi connectivity index (χ3n) is 5.36. The maximum absolute atomic E-state index is 13.1. The highest BCUT2D eigenvalue weighted by Gasteiger charge is 2.27. The van der Waals surface area contributed by atoms with Crippen LogP contribution in [-0.2, 0) is 11.3 Å². The Morgan fingerprint density at radius 1 is 0.941 bits per heavy atom. The highest BCUT2D eigenvalue weighted by atomic mass is 16.2. The van der Waals surface area contributed by atoms with E-state index in [9.17, 15) is 14.4 Å². The normalized spacial score (nSPS) is 12.6. The molecule has 168 valence electrons. The number of amides is 3. The number of nitrogens with one attached hydrogen (secondary N) is 2. The Balaban J connectivity index is 1.26. The number of carbonyl (C=O) groups is 3. The van der Waals surface area contributed by atoms with Gasteiger partial charge in [-0.05, 0) is 42.0 Å². The minimum atomic E-state index is -0.403. The van der Waals surface area contributed by atoms with Crippen LogP contribution in [0.15, 0.2) is 85.1 Å². The van der Waals surface area contributed by atoms with Gasteiger partial charge in [-0.2, -0.15) is 0 Å². The van der Waals surface area contributed by atoms with Crippen LogP contribution in [0.4, 0.5) is 17.1 Å². The van der Waals surface area contributed by atoms with E-state index < -0.39 is 5.91 Å². The molecule has 0 bridgehead atoms. The molecule has 2 heterocycles. The van der Waals surface area contributed by atoms with Crippen molar-refractivity contribution in [2.24, 2.45) is 0 Å². The van der Waals surface area contributed by atoms with Gasteiger partial charge in [-0.25, -0.2) is 4.68 Å². The molecule has 0 atom stereocenters. The van der Waals surface area contributed by atoms with Crippen LogP contribution in [0.1, 0.15) is 26.4 Å². The third kappa shape index (κ3) is 4.40. The van der Waals surface area contributed by atoms with Crippen LogP contribution in [0.3, 0.4) is 0 Å². The summed E-state index contributed by atoms with van der Waals surface area (Å²) in [4.78, 5) is 39.1. The molecule has 1 aliphatic rings. The third-order valence-corrected chi connectivity index (χ3v) is 5.36. The fourth-order valence-electron chi connectivity index (χ4n) is 3.71. The smallest absolute Gasteiger partial charge is 0.277 e. The fraction of sp³-hybridized carbons (Fsp3) is 0.0800. The topological polar surface area (TPSA) is 109 Å². The molecule has 5 rings (SSSR count). The number of anilines is 3. The van der Waals surface area contributed by atoms with Crippen LogP contribution in [0.5, 0.6) is 0 Å². The maximum Gasteiger partial charge on any atom is 0.277 e. The van der Waals surface area contributed by atoms with E-state index >= 15 is 0 Å². The largest absolute Gasteiger partial charge is 0.323 e. The summed E-state index contributed by atoms with van der Waals surface area (Å²) in [6, 6.07) is 23.4. The lowest BCUT2D eigenvalue weighted by Crippen LogP contribution is -2.42. The van der Waals surface area contributed by atoms with Crippen LogP contribution in [-0.4, -0.2) is 39.3 Å². The van der Waals surface area contributed by atoms with Gasteiger partial charge >= 0.3 is 0 Å². The monoisotopic (exact) mass is 452 g/mol. The first kappa shape index (κ1) is 21.1. The molecule has 3 aromatic carbocycles. The van der Waals surface area contributed by atoms with E-state index in [0.717, 1.165) is 5.56 Å². The minimum Gasteiger partial charge on any atom is -0.323 e. The standard InChI is InChI=1S/C25H20N6O3/c32-23-16-31(22-9-5-4-8-20(22)27-23)25(34)18-10-12-19(13-11-18)26-24(33)21-15-30(29-28-21)14-17-6-2-1-3-7-17/h1-13,15H,14,16H2,(H,26,33)(H,27,32). The van der Waals surface area contributed by atoms with E-state index in [1.807, 2.05) is 36.4 Å². The molecule has 0 unspecified atom stereocenters. The molecule has 0 spiro atoms. The Morgan fingerprint density at radius 3 is 2.47 bits per heavy atom. The molecule has 9 nitrogen and oxygen atoms in total. The van der Waals surface area contributed by atoms with Crippen LogP contribution in [0.25, 0.3) is 0 Å². The first-order chi connectivity index (χ1) is 16.6. The second kappa shape index (κ2) is 8.99. The van der Waals surface area contributed by atoms with Crippen molar-refractivity contribution >= 4 is 34.8 Å². The van der Waals surface area contributed by atoms with Gasteiger partial charge in [-0.1, -0.05) is 47.7 Å². The van der Waals surface area contributed by atoms with E-state index in [-0.39, 0.29) is 24.1 Å². The summed E-state index contributed by atoms with van der Waals surface area (Å²) in [7, 11) is 0. The molecule has 0 saturated carbocycles. The summed E-state index contributed by atoms with van der Waals surface area (Å²) in [5, 5.41) is 13.5. The van der Waals surface area contributed by atoms with Crippen molar-refractivity contribution in [1.82, 2.24) is 15.0 Å². The van der Waals surface area contributed by atoms with Crippen LogP contribution >= 0.6 is 0 Å². The van der Waals surface area contributed by atoms with Gasteiger partial charge in [-0.15, -0.1) is 5.10 Å². The quantitative estimate of drug-likeness (QED) is 0.483. The second-order valence-corrected chi connectivity index (χ2v) is 7.78. The van der Waals surface area contributed by atoms with E-state index in [4.69, 9.17) is 0 Å². The molecule has 0 fully saturated rings. The van der Waals surface area contributed by atoms with E-state index in [2.05, 4.69) is 20.9 Å². The number of hydrogen-bond acceptors (Lipinski definition) is 5. The van der Waals surface area contributed by atoms with Gasteiger partial charge in [0.05, 0.1) is 24.1 Å². The Bertz CT molecular complexity index is 1360. The van der Waals surface area contributed by atoms with Gasteiger partial charge in [-0.3, -0.25) is 19.3 Å².